The molecular weight excluding hydrogens is 1020 g/mol. The van der Waals surface area contributed by atoms with Crippen LogP contribution in [-0.2, 0) is 0 Å². The van der Waals surface area contributed by atoms with E-state index in [0.29, 0.717) is 0 Å². The van der Waals surface area contributed by atoms with Gasteiger partial charge in [-0.15, -0.1) is 0 Å². The van der Waals surface area contributed by atoms with Crippen LogP contribution in [0.25, 0.3) is 164 Å². The Labute approximate surface area is 492 Å². The third-order valence-electron chi connectivity index (χ3n) is 18.6. The van der Waals surface area contributed by atoms with E-state index in [1.807, 2.05) is 0 Å². The fraction of sp³-hybridized carbons (Fsp3) is 0. The van der Waals surface area contributed by atoms with E-state index in [1.165, 1.54) is 164 Å². The minimum atomic E-state index is 1.09. The van der Waals surface area contributed by atoms with Gasteiger partial charge in [-0.1, -0.05) is 273 Å². The van der Waals surface area contributed by atoms with Crippen LogP contribution in [0, 0.1) is 0 Å². The van der Waals surface area contributed by atoms with Crippen molar-refractivity contribution in [1.29, 1.82) is 0 Å². The van der Waals surface area contributed by atoms with Gasteiger partial charge in [-0.3, -0.25) is 0 Å². The summed E-state index contributed by atoms with van der Waals surface area (Å²) in [5, 5.41) is 23.2. The summed E-state index contributed by atoms with van der Waals surface area (Å²) in [6.45, 7) is 0. The first kappa shape index (κ1) is 47.5. The SMILES string of the molecule is c1ccc(-c2ccc3ccc4c(-c5ccc(N(c6ccc(-c7ccc8ccc9c(-c%10ccccc%10)ccc%10ccc7c8c%109)cc6)c6ccc(-c7ccc8ccc9c(-c%10ccccc%10)ccc%10ccc7c8c%109)cc6)cc5)ccc5ccc2c3c54)cc1. The van der Waals surface area contributed by atoms with Crippen molar-refractivity contribution < 1.29 is 0 Å². The fourth-order valence-corrected chi connectivity index (χ4v) is 14.6. The third-order valence-corrected chi connectivity index (χ3v) is 18.6. The molecule has 0 saturated heterocycles. The molecule has 18 aromatic rings. The van der Waals surface area contributed by atoms with Crippen LogP contribution in [0.5, 0.6) is 0 Å². The summed E-state index contributed by atoms with van der Waals surface area (Å²) in [7, 11) is 0. The van der Waals surface area contributed by atoms with Crippen LogP contribution in [-0.4, -0.2) is 0 Å². The van der Waals surface area contributed by atoms with Gasteiger partial charge < -0.3 is 4.90 Å². The summed E-state index contributed by atoms with van der Waals surface area (Å²) in [4.78, 5) is 2.41. The van der Waals surface area contributed by atoms with E-state index in [-0.39, 0.29) is 0 Å². The molecule has 85 heavy (non-hydrogen) atoms. The molecule has 0 unspecified atom stereocenters. The number of hydrogen-bond acceptors (Lipinski definition) is 1. The predicted octanol–water partition coefficient (Wildman–Crippen LogP) is 23.9. The number of benzene rings is 18. The molecule has 0 aliphatic rings. The minimum absolute atomic E-state index is 1.09. The lowest BCUT2D eigenvalue weighted by atomic mass is 9.87. The highest BCUT2D eigenvalue weighted by Gasteiger charge is 2.21. The van der Waals surface area contributed by atoms with Gasteiger partial charge in [0.25, 0.3) is 0 Å². The van der Waals surface area contributed by atoms with Crippen LogP contribution >= 0.6 is 0 Å². The maximum absolute atomic E-state index is 2.41. The van der Waals surface area contributed by atoms with E-state index >= 15 is 0 Å². The second kappa shape index (κ2) is 18.7. The molecule has 0 N–H and O–H groups in total. The van der Waals surface area contributed by atoms with E-state index in [2.05, 4.69) is 314 Å². The van der Waals surface area contributed by atoms with Gasteiger partial charge in [-0.05, 0) is 200 Å². The Bertz CT molecular complexity index is 5030. The van der Waals surface area contributed by atoms with Crippen molar-refractivity contribution in [2.75, 3.05) is 4.90 Å². The minimum Gasteiger partial charge on any atom is -0.311 e. The molecule has 18 rings (SSSR count). The van der Waals surface area contributed by atoms with Crippen molar-refractivity contribution in [3.05, 3.63) is 309 Å². The predicted molar refractivity (Wildman–Crippen MR) is 365 cm³/mol. The molecule has 1 nitrogen and oxygen atoms in total. The van der Waals surface area contributed by atoms with E-state index < -0.39 is 0 Å². The second-order valence-corrected chi connectivity index (χ2v) is 23.0. The Morgan fingerprint density at radius 3 is 0.518 bits per heavy atom. The van der Waals surface area contributed by atoms with E-state index in [4.69, 9.17) is 0 Å². The van der Waals surface area contributed by atoms with Gasteiger partial charge in [-0.2, -0.15) is 0 Å². The highest BCUT2D eigenvalue weighted by atomic mass is 15.1. The lowest BCUT2D eigenvalue weighted by Crippen LogP contribution is -2.09. The highest BCUT2D eigenvalue weighted by Crippen LogP contribution is 2.48. The number of hydrogen-bond donors (Lipinski definition) is 0. The average Bonchev–Trinajstić information content (AvgIpc) is 1.33. The van der Waals surface area contributed by atoms with E-state index in [1.54, 1.807) is 0 Å². The zero-order valence-corrected chi connectivity index (χ0v) is 46.4. The van der Waals surface area contributed by atoms with Crippen LogP contribution in [0.3, 0.4) is 0 Å². The van der Waals surface area contributed by atoms with Crippen LogP contribution in [0.2, 0.25) is 0 Å². The monoisotopic (exact) mass is 1070 g/mol. The van der Waals surface area contributed by atoms with E-state index in [0.717, 1.165) is 17.1 Å². The molecule has 18 aromatic carbocycles. The smallest absolute Gasteiger partial charge is 0.0462 e. The molecule has 1 heteroatoms. The van der Waals surface area contributed by atoms with Gasteiger partial charge in [0, 0.05) is 17.1 Å². The summed E-state index contributed by atoms with van der Waals surface area (Å²) >= 11 is 0. The number of rotatable bonds is 9. The lowest BCUT2D eigenvalue weighted by molar-refractivity contribution is 1.28. The molecule has 0 heterocycles. The molecule has 0 aliphatic heterocycles. The van der Waals surface area contributed by atoms with Crippen molar-refractivity contribution in [3.8, 4) is 66.8 Å². The fourth-order valence-electron chi connectivity index (χ4n) is 14.6. The molecule has 0 aliphatic carbocycles. The number of nitrogens with zero attached hydrogens (tertiary/aromatic N) is 1. The van der Waals surface area contributed by atoms with Gasteiger partial charge in [0.05, 0.1) is 0 Å². The summed E-state index contributed by atoms with van der Waals surface area (Å²) in [6.07, 6.45) is 0. The highest BCUT2D eigenvalue weighted by molar-refractivity contribution is 6.30. The van der Waals surface area contributed by atoms with Gasteiger partial charge in [0.2, 0.25) is 0 Å². The topological polar surface area (TPSA) is 3.24 Å². The largest absolute Gasteiger partial charge is 0.311 e. The molecule has 0 spiro atoms. The maximum atomic E-state index is 2.41. The first-order valence-electron chi connectivity index (χ1n) is 29.5. The second-order valence-electron chi connectivity index (χ2n) is 23.0. The van der Waals surface area contributed by atoms with E-state index in [9.17, 15) is 0 Å². The van der Waals surface area contributed by atoms with Crippen molar-refractivity contribution in [1.82, 2.24) is 0 Å². The maximum Gasteiger partial charge on any atom is 0.0462 e. The molecular formula is C84H51N. The normalized spacial score (nSPS) is 12.0. The van der Waals surface area contributed by atoms with Crippen LogP contribution in [0.1, 0.15) is 0 Å². The Morgan fingerprint density at radius 2 is 0.318 bits per heavy atom. The summed E-state index contributed by atoms with van der Waals surface area (Å²) in [5.41, 5.74) is 18.0. The van der Waals surface area contributed by atoms with Gasteiger partial charge in [0.15, 0.2) is 0 Å². The first-order valence-corrected chi connectivity index (χ1v) is 29.5. The Balaban J connectivity index is 0.757. The van der Waals surface area contributed by atoms with Crippen LogP contribution < -0.4 is 4.90 Å². The lowest BCUT2D eigenvalue weighted by Gasteiger charge is -2.26. The third kappa shape index (κ3) is 7.37. The summed E-state index contributed by atoms with van der Waals surface area (Å²) < 4.78 is 0. The zero-order valence-electron chi connectivity index (χ0n) is 46.4. The number of anilines is 3. The molecule has 0 aromatic heterocycles. The molecule has 0 bridgehead atoms. The molecule has 392 valence electrons. The van der Waals surface area contributed by atoms with Crippen molar-refractivity contribution in [3.63, 3.8) is 0 Å². The quantitative estimate of drug-likeness (QED) is 0.130. The molecule has 0 atom stereocenters. The Morgan fingerprint density at radius 1 is 0.141 bits per heavy atom. The van der Waals surface area contributed by atoms with Crippen LogP contribution in [0.4, 0.5) is 17.1 Å². The molecule has 0 radical (unpaired) electrons. The standard InChI is InChI=1S/C84H51N/c1-4-10-52(11-5-1)67-40-22-58-31-49-76-70(43-25-61-28-46-73(67)79(58)82(61)76)55-16-34-64(35-17-55)85(65-36-18-56(19-37-65)71-44-26-62-29-47-74-68(53-12-6-2-7-13-53)41-23-59-32-50-77(71)83(62)80(59)74)66-38-20-57(21-39-66)72-45-27-63-30-48-75-69(54-14-8-3-9-15-54)42-24-60-33-51-78(72)84(63)81(60)75/h1-51H. The first-order chi connectivity index (χ1) is 42.1. The molecule has 0 saturated carbocycles. The van der Waals surface area contributed by atoms with Gasteiger partial charge in [-0.25, -0.2) is 0 Å². The zero-order chi connectivity index (χ0) is 55.7. The average molecular weight is 1070 g/mol. The molecule has 0 amide bonds. The Kier molecular flexibility index (Phi) is 10.5. The van der Waals surface area contributed by atoms with Crippen molar-refractivity contribution >= 4 is 114 Å². The Hall–Kier alpha value is -11.1. The summed E-state index contributed by atoms with van der Waals surface area (Å²) in [5.74, 6) is 0. The van der Waals surface area contributed by atoms with Crippen molar-refractivity contribution in [2.24, 2.45) is 0 Å². The summed E-state index contributed by atoms with van der Waals surface area (Å²) in [6, 6.07) is 115. The van der Waals surface area contributed by atoms with Crippen molar-refractivity contribution in [2.45, 2.75) is 0 Å². The van der Waals surface area contributed by atoms with Gasteiger partial charge in [0.1, 0.15) is 0 Å². The van der Waals surface area contributed by atoms with Crippen LogP contribution in [0.15, 0.2) is 309 Å². The molecule has 0 fully saturated rings. The van der Waals surface area contributed by atoms with Gasteiger partial charge >= 0.3 is 0 Å².